The molecule has 30 heteroatoms. The molecule has 6 aliphatic heterocycles. The quantitative estimate of drug-likeness (QED) is 0.0367. The van der Waals surface area contributed by atoms with Crippen molar-refractivity contribution in [3.63, 3.8) is 0 Å². The number of rotatable bonds is 26. The van der Waals surface area contributed by atoms with Crippen molar-refractivity contribution < 1.29 is 85.2 Å². The maximum Gasteiger partial charge on any atom is 0.268 e. The van der Waals surface area contributed by atoms with Crippen LogP contribution in [0.25, 0.3) is 16.4 Å². The van der Waals surface area contributed by atoms with Gasteiger partial charge >= 0.3 is 0 Å². The second-order valence-corrected chi connectivity index (χ2v) is 27.8. The Kier molecular flexibility index (Phi) is 25.6. The van der Waals surface area contributed by atoms with Crippen LogP contribution in [0, 0.1) is 66.6 Å². The standard InChI is InChI=1S/C61H88N13O14P.CH4.CH3.B.Co.H2/c1-28-19-38-39(20-29(28)2)74(27-69-38)57-52(83)53(40(26-75)86-57)88-89(84,85)87-30(3)25-68-48(82)17-18-59(8)36(21-45(65)79)51-56-61(10,24-47(67)81)35(13-16-44(64)78)50(72-56)32(5)55-60(9,23-46(66)80)33(11-14-42(62)76)37(70-55)22-41-58(6,7)34(12-15-43(63)77)49(71-41)31(4)54(59)73-51;;;;;/h19-20,22,27,30,33-36,40,51-53,56-57,75,83H,11-18,21,23-26H2,1-10H3,(H15,62,63,64,65,66,67,68,70,71,72,73,76,77,78,79,80,81,82,84,85);1H4;1H3;;;1H/q;;-1;;;/p-2/t30?,33?,34?,35?,36-,40?,51?,52?,53?,56?,57?,59?,60?,61?;;;;;/m0...../s1/i;;;;;1+1. The number of ether oxygens (including phenoxy) is 1. The summed E-state index contributed by atoms with van der Waals surface area (Å²) >= 11 is 0. The van der Waals surface area contributed by atoms with Crippen LogP contribution in [0.3, 0.4) is 0 Å². The molecule has 1 aromatic carbocycles. The summed E-state index contributed by atoms with van der Waals surface area (Å²) in [4.78, 5) is 127. The summed E-state index contributed by atoms with van der Waals surface area (Å²) < 4.78 is 31.8. The number of aliphatic hydroxyl groups is 2. The average Bonchev–Trinajstić information content (AvgIpc) is 1.55. The van der Waals surface area contributed by atoms with E-state index in [-0.39, 0.29) is 119 Å². The van der Waals surface area contributed by atoms with Gasteiger partial charge < -0.3 is 85.9 Å². The van der Waals surface area contributed by atoms with E-state index in [1.807, 2.05) is 73.6 Å². The van der Waals surface area contributed by atoms with E-state index >= 15 is 0 Å². The number of phosphoric ester groups is 1. The number of primary amides is 6. The number of phosphoric acid groups is 1. The molecule has 15 atom stereocenters. The molecule has 4 radical (unpaired) electrons. The number of aliphatic hydroxyl groups excluding tert-OH is 2. The van der Waals surface area contributed by atoms with Crippen LogP contribution >= 0.6 is 7.82 Å². The van der Waals surface area contributed by atoms with Gasteiger partial charge in [0.15, 0.2) is 6.23 Å². The fourth-order valence-electron chi connectivity index (χ4n) is 15.0. The van der Waals surface area contributed by atoms with Crippen LogP contribution in [0.2, 0.25) is 0 Å². The number of imidazole rings is 1. The maximum absolute atomic E-state index is 14.3. The predicted molar refractivity (Wildman–Crippen MR) is 348 cm³/mol. The number of aromatic nitrogens is 2. The maximum atomic E-state index is 14.3. The van der Waals surface area contributed by atoms with Gasteiger partial charge in [-0.3, -0.25) is 53.1 Å². The average molecular weight is 1360 g/mol. The van der Waals surface area contributed by atoms with Gasteiger partial charge in [-0.05, 0) is 112 Å². The molecule has 0 saturated carbocycles. The fraction of sp³-hybridized carbons (Fsp3) is 0.619. The van der Waals surface area contributed by atoms with Crippen LogP contribution in [0.5, 0.6) is 0 Å². The Balaban J connectivity index is 0.00000461. The summed E-state index contributed by atoms with van der Waals surface area (Å²) in [6.45, 7) is 17.1. The Morgan fingerprint density at radius 1 is 0.817 bits per heavy atom. The molecule has 8 bridgehead atoms. The Morgan fingerprint density at radius 2 is 1.40 bits per heavy atom. The molecule has 14 unspecified atom stereocenters. The molecule has 1 aromatic heterocycles. The number of carbonyl (C=O) groups is 7. The number of allylic oxidation sites excluding steroid dienone is 6. The number of nitrogens with zero attached hydrogens (tertiary/aromatic N) is 6. The summed E-state index contributed by atoms with van der Waals surface area (Å²) in [7, 11) is -5.31. The van der Waals surface area contributed by atoms with Crippen molar-refractivity contribution >= 4 is 85.8 Å². The van der Waals surface area contributed by atoms with Gasteiger partial charge in [0.1, 0.15) is 18.3 Å². The van der Waals surface area contributed by atoms with Gasteiger partial charge in [-0.25, -0.2) is 4.98 Å². The molecule has 7 heterocycles. The Bertz CT molecular complexity index is 3510. The second-order valence-electron chi connectivity index (χ2n) is 26.4. The Hall–Kier alpha value is -6.43. The van der Waals surface area contributed by atoms with E-state index in [2.05, 4.69) is 10.3 Å². The predicted octanol–water partition coefficient (Wildman–Crippen LogP) is 3.87. The summed E-state index contributed by atoms with van der Waals surface area (Å²) in [6.07, 6.45) is -4.67. The van der Waals surface area contributed by atoms with Crippen molar-refractivity contribution in [1.82, 2.24) is 14.9 Å². The van der Waals surface area contributed by atoms with Gasteiger partial charge in [0.05, 0.1) is 35.8 Å². The molecule has 27 nitrogen and oxygen atoms in total. The van der Waals surface area contributed by atoms with Gasteiger partial charge in [-0.1, -0.05) is 48.1 Å². The molecular weight excluding hydrogens is 1260 g/mol. The van der Waals surface area contributed by atoms with E-state index in [4.69, 9.17) is 68.5 Å². The normalized spacial score (nSPS) is 30.1. The van der Waals surface area contributed by atoms with Crippen LogP contribution in [-0.4, -0.2) is 136 Å². The van der Waals surface area contributed by atoms with Crippen LogP contribution in [0.1, 0.15) is 152 Å². The minimum absolute atomic E-state index is 0. The van der Waals surface area contributed by atoms with E-state index < -0.39 is 144 Å². The largest absolute Gasteiger partial charge is 0.756 e. The molecule has 6 aliphatic rings. The monoisotopic (exact) mass is 1360 g/mol. The van der Waals surface area contributed by atoms with Crippen molar-refractivity contribution in [3.8, 4) is 0 Å². The number of benzene rings is 1. The summed E-state index contributed by atoms with van der Waals surface area (Å²) in [5, 5.41) is 30.0. The van der Waals surface area contributed by atoms with E-state index in [0.29, 0.717) is 56.4 Å². The first kappa shape index (κ1) is 79.0. The number of aryl methyl sites for hydroxylation is 2. The molecule has 2 aromatic rings. The molecule has 7 amide bonds. The first-order valence-corrected chi connectivity index (χ1v) is 31.6. The van der Waals surface area contributed by atoms with Crippen LogP contribution in [0.4, 0.5) is 0 Å². The summed E-state index contributed by atoms with van der Waals surface area (Å²) in [6, 6.07) is 1.70. The zero-order valence-electron chi connectivity index (χ0n) is 54.2. The van der Waals surface area contributed by atoms with Gasteiger partial charge in [-0.2, -0.15) is 5.70 Å². The Labute approximate surface area is 557 Å². The van der Waals surface area contributed by atoms with Gasteiger partial charge in [0.2, 0.25) is 41.4 Å². The number of hydrogen-bond acceptors (Lipinski definition) is 18. The van der Waals surface area contributed by atoms with E-state index in [1.54, 1.807) is 6.92 Å². The number of nitrogens with two attached hydrogens (primary N) is 6. The van der Waals surface area contributed by atoms with E-state index in [9.17, 15) is 53.2 Å². The minimum atomic E-state index is -5.31. The molecule has 516 valence electrons. The Morgan fingerprint density at radius 3 is 1.97 bits per heavy atom. The number of hydrogen-bond donors (Lipinski definition) is 9. The topological polar surface area (TPSA) is 465 Å². The molecule has 0 aliphatic carbocycles. The number of nitrogens with one attached hydrogen (secondary N) is 1. The van der Waals surface area contributed by atoms with Gasteiger partial charge in [-0.15, -0.1) is 0 Å². The van der Waals surface area contributed by atoms with Crippen LogP contribution in [0.15, 0.2) is 67.8 Å². The summed E-state index contributed by atoms with van der Waals surface area (Å²) in [5.74, 6) is -7.29. The second kappa shape index (κ2) is 30.1. The van der Waals surface area contributed by atoms with E-state index in [0.717, 1.165) is 11.1 Å². The van der Waals surface area contributed by atoms with Gasteiger partial charge in [0, 0.05) is 141 Å². The third-order valence-electron chi connectivity index (χ3n) is 19.8. The van der Waals surface area contributed by atoms with Crippen molar-refractivity contribution in [3.05, 3.63) is 76.6 Å². The molecule has 93 heavy (non-hydrogen) atoms. The van der Waals surface area contributed by atoms with Crippen molar-refractivity contribution in [2.24, 2.45) is 94.7 Å². The van der Waals surface area contributed by atoms with Gasteiger partial charge in [0.25, 0.3) is 7.82 Å². The third-order valence-corrected chi connectivity index (χ3v) is 20.9. The molecular formula is C63H95BCoN13O14P-3. The molecule has 0 spiro atoms. The number of carbonyl (C=O) groups excluding carboxylic acids is 7. The summed E-state index contributed by atoms with van der Waals surface area (Å²) in [5.41, 5.74) is 38.2. The molecule has 2 saturated heterocycles. The van der Waals surface area contributed by atoms with Crippen molar-refractivity contribution in [2.45, 2.75) is 190 Å². The molecule has 15 N–H and O–H groups in total. The van der Waals surface area contributed by atoms with Crippen molar-refractivity contribution in [2.75, 3.05) is 13.2 Å². The first-order valence-electron chi connectivity index (χ1n) is 30.1. The van der Waals surface area contributed by atoms with E-state index in [1.165, 1.54) is 17.8 Å². The SMILES string of the molecule is C.CC1=C2N=C(C=C3N=C(C(C)=C4[N-]C(C5N=C1C(CCC(N)=O)C5(C)CC(N)=O)[C@H](CC(N)=O)C4(C)CCC(=O)NCC(C)OP(=O)([O-])OC1C(CO)OC(n4cnc5cc(C)c(C)cc54)C1O)C(CCC(N)=O)C3(C)C)C(CCC(N)=O)C2(C)CC(N)=O.[2HH].[B].[CH3-].[Co]. The number of aliphatic imine (C=N–C) groups is 3. The fourth-order valence-corrected chi connectivity index (χ4v) is 16.1. The minimum Gasteiger partial charge on any atom is -0.756 e. The molecule has 8 rings (SSSR count). The van der Waals surface area contributed by atoms with Crippen LogP contribution < -0.4 is 44.6 Å². The zero-order chi connectivity index (χ0) is 65.8. The third kappa shape index (κ3) is 15.8. The molecule has 2 fully saturated rings. The zero-order valence-corrected chi connectivity index (χ0v) is 56.1. The number of fused-ring (bicyclic) bond motifs is 7. The first-order chi connectivity index (χ1) is 41.5. The smallest absolute Gasteiger partial charge is 0.268 e. The van der Waals surface area contributed by atoms with Crippen molar-refractivity contribution in [1.29, 1.82) is 0 Å². The number of amides is 7. The van der Waals surface area contributed by atoms with Crippen LogP contribution in [-0.2, 0) is 68.7 Å².